The van der Waals surface area contributed by atoms with Crippen LogP contribution in [0, 0.1) is 0 Å². The lowest BCUT2D eigenvalue weighted by atomic mass is 10.2. The van der Waals surface area contributed by atoms with Crippen LogP contribution in [0.15, 0.2) is 60.2 Å². The number of rotatable bonds is 4. The highest BCUT2D eigenvalue weighted by atomic mass is 35.6. The SMILES string of the molecule is ClC(Cl)(Cl)c1nc(Nc2nc(-c3ccccc3)cs2)nc(-c2ccncc2)n1. The van der Waals surface area contributed by atoms with Gasteiger partial charge in [0.1, 0.15) is 0 Å². The van der Waals surface area contributed by atoms with Crippen LogP contribution in [0.2, 0.25) is 0 Å². The minimum atomic E-state index is -1.79. The highest BCUT2D eigenvalue weighted by molar-refractivity contribution is 7.14. The summed E-state index contributed by atoms with van der Waals surface area (Å²) in [6, 6.07) is 13.4. The number of nitrogens with zero attached hydrogens (tertiary/aromatic N) is 5. The van der Waals surface area contributed by atoms with Gasteiger partial charge in [-0.2, -0.15) is 9.97 Å². The fourth-order valence-corrected chi connectivity index (χ4v) is 3.32. The predicted octanol–water partition coefficient (Wildman–Crippen LogP) is 5.63. The molecule has 1 N–H and O–H groups in total. The van der Waals surface area contributed by atoms with Crippen molar-refractivity contribution in [2.75, 3.05) is 5.32 Å². The summed E-state index contributed by atoms with van der Waals surface area (Å²) in [6.45, 7) is 0. The van der Waals surface area contributed by atoms with Crippen molar-refractivity contribution in [1.82, 2.24) is 24.9 Å². The Kier molecular flexibility index (Phi) is 5.41. The van der Waals surface area contributed by atoms with Crippen LogP contribution in [0.4, 0.5) is 11.1 Å². The largest absolute Gasteiger partial charge is 0.300 e. The zero-order valence-corrected chi connectivity index (χ0v) is 17.1. The topological polar surface area (TPSA) is 76.5 Å². The van der Waals surface area contributed by atoms with E-state index < -0.39 is 3.79 Å². The van der Waals surface area contributed by atoms with Crippen molar-refractivity contribution >= 4 is 57.2 Å². The van der Waals surface area contributed by atoms with Crippen LogP contribution < -0.4 is 5.32 Å². The molecule has 0 aliphatic rings. The Morgan fingerprint density at radius 3 is 2.29 bits per heavy atom. The fourth-order valence-electron chi connectivity index (χ4n) is 2.36. The first-order valence-electron chi connectivity index (χ1n) is 8.01. The second-order valence-corrected chi connectivity index (χ2v) is 8.71. The van der Waals surface area contributed by atoms with Gasteiger partial charge in [0.2, 0.25) is 9.74 Å². The zero-order chi connectivity index (χ0) is 19.6. The molecular weight excluding hydrogens is 439 g/mol. The van der Waals surface area contributed by atoms with Crippen LogP contribution in [-0.4, -0.2) is 24.9 Å². The molecule has 0 atom stereocenters. The molecule has 140 valence electrons. The second kappa shape index (κ2) is 7.97. The maximum atomic E-state index is 6.00. The van der Waals surface area contributed by atoms with Gasteiger partial charge in [-0.15, -0.1) is 11.3 Å². The van der Waals surface area contributed by atoms with Crippen molar-refractivity contribution in [2.45, 2.75) is 3.79 Å². The first-order valence-corrected chi connectivity index (χ1v) is 10.0. The molecule has 0 saturated heterocycles. The normalized spacial score (nSPS) is 11.4. The summed E-state index contributed by atoms with van der Waals surface area (Å²) in [6.07, 6.45) is 3.27. The lowest BCUT2D eigenvalue weighted by Crippen LogP contribution is -2.12. The molecule has 0 spiro atoms. The van der Waals surface area contributed by atoms with Crippen LogP contribution in [0.1, 0.15) is 5.82 Å². The summed E-state index contributed by atoms with van der Waals surface area (Å²) in [5.41, 5.74) is 2.58. The third-order valence-corrected chi connectivity index (χ3v) is 4.88. The Hall–Kier alpha value is -2.32. The van der Waals surface area contributed by atoms with Crippen LogP contribution in [0.25, 0.3) is 22.6 Å². The molecule has 0 bridgehead atoms. The van der Waals surface area contributed by atoms with Crippen LogP contribution in [0.3, 0.4) is 0 Å². The fraction of sp³-hybridized carbons (Fsp3) is 0.0556. The van der Waals surface area contributed by atoms with Gasteiger partial charge < -0.3 is 0 Å². The van der Waals surface area contributed by atoms with Crippen molar-refractivity contribution in [1.29, 1.82) is 0 Å². The lowest BCUT2D eigenvalue weighted by molar-refractivity contribution is 0.930. The molecule has 6 nitrogen and oxygen atoms in total. The molecule has 0 aliphatic carbocycles. The number of anilines is 2. The Labute approximate surface area is 179 Å². The summed E-state index contributed by atoms with van der Waals surface area (Å²) in [5, 5.41) is 5.63. The molecule has 0 aliphatic heterocycles. The van der Waals surface area contributed by atoms with Gasteiger partial charge in [0.15, 0.2) is 16.8 Å². The number of thiazole rings is 1. The molecule has 1 aromatic carbocycles. The van der Waals surface area contributed by atoms with Gasteiger partial charge >= 0.3 is 0 Å². The van der Waals surface area contributed by atoms with Gasteiger partial charge in [-0.05, 0) is 12.1 Å². The molecule has 0 saturated carbocycles. The Morgan fingerprint density at radius 1 is 0.821 bits per heavy atom. The third kappa shape index (κ3) is 4.39. The smallest absolute Gasteiger partial charge is 0.250 e. The lowest BCUT2D eigenvalue weighted by Gasteiger charge is -2.12. The first-order chi connectivity index (χ1) is 13.5. The van der Waals surface area contributed by atoms with Gasteiger partial charge in [-0.25, -0.2) is 9.97 Å². The van der Waals surface area contributed by atoms with Crippen LogP contribution in [0.5, 0.6) is 0 Å². The molecule has 0 amide bonds. The number of halogens is 3. The number of hydrogen-bond donors (Lipinski definition) is 1. The zero-order valence-electron chi connectivity index (χ0n) is 14.1. The molecule has 0 fully saturated rings. The number of alkyl halides is 3. The van der Waals surface area contributed by atoms with Crippen molar-refractivity contribution < 1.29 is 0 Å². The van der Waals surface area contributed by atoms with E-state index in [4.69, 9.17) is 34.8 Å². The van der Waals surface area contributed by atoms with E-state index in [1.807, 2.05) is 35.7 Å². The van der Waals surface area contributed by atoms with E-state index in [2.05, 4.69) is 30.2 Å². The molecule has 0 radical (unpaired) electrons. The molecule has 4 rings (SSSR count). The minimum Gasteiger partial charge on any atom is -0.300 e. The van der Waals surface area contributed by atoms with Gasteiger partial charge in [0.05, 0.1) is 5.69 Å². The number of aromatic nitrogens is 5. The monoisotopic (exact) mass is 448 g/mol. The molecule has 4 aromatic rings. The number of hydrogen-bond acceptors (Lipinski definition) is 7. The average molecular weight is 450 g/mol. The van der Waals surface area contributed by atoms with Gasteiger partial charge in [-0.1, -0.05) is 65.1 Å². The van der Waals surface area contributed by atoms with Gasteiger partial charge in [-0.3, -0.25) is 10.3 Å². The summed E-state index contributed by atoms with van der Waals surface area (Å²) in [7, 11) is 0. The summed E-state index contributed by atoms with van der Waals surface area (Å²) >= 11 is 19.4. The molecule has 3 heterocycles. The van der Waals surface area contributed by atoms with Gasteiger partial charge in [0, 0.05) is 28.9 Å². The quantitative estimate of drug-likeness (QED) is 0.407. The molecule has 28 heavy (non-hydrogen) atoms. The van der Waals surface area contributed by atoms with Crippen molar-refractivity contribution in [3.63, 3.8) is 0 Å². The highest BCUT2D eigenvalue weighted by Gasteiger charge is 2.28. The molecular formula is C18H11Cl3N6S. The number of benzene rings is 1. The van der Waals surface area contributed by atoms with E-state index >= 15 is 0 Å². The van der Waals surface area contributed by atoms with Crippen molar-refractivity contribution in [2.24, 2.45) is 0 Å². The first kappa shape index (κ1) is 19.0. The number of pyridine rings is 1. The van der Waals surface area contributed by atoms with E-state index in [0.717, 1.165) is 16.8 Å². The predicted molar refractivity (Wildman–Crippen MR) is 113 cm³/mol. The van der Waals surface area contributed by atoms with E-state index in [1.54, 1.807) is 24.5 Å². The van der Waals surface area contributed by atoms with Crippen LogP contribution in [-0.2, 0) is 3.79 Å². The number of nitrogens with one attached hydrogen (secondary N) is 1. The highest BCUT2D eigenvalue weighted by Crippen LogP contribution is 2.37. The third-order valence-electron chi connectivity index (χ3n) is 3.62. The summed E-state index contributed by atoms with van der Waals surface area (Å²) in [5.74, 6) is 0.611. The molecule has 3 aromatic heterocycles. The van der Waals surface area contributed by atoms with Crippen molar-refractivity contribution in [3.05, 3.63) is 66.1 Å². The Bertz CT molecular complexity index is 1080. The summed E-state index contributed by atoms with van der Waals surface area (Å²) < 4.78 is -1.79. The minimum absolute atomic E-state index is 0.0154. The van der Waals surface area contributed by atoms with E-state index in [-0.39, 0.29) is 11.8 Å². The van der Waals surface area contributed by atoms with Crippen LogP contribution >= 0.6 is 46.1 Å². The molecule has 10 heteroatoms. The van der Waals surface area contributed by atoms with E-state index in [0.29, 0.717) is 11.0 Å². The Balaban J connectivity index is 1.69. The second-order valence-electron chi connectivity index (χ2n) is 5.57. The Morgan fingerprint density at radius 2 is 1.57 bits per heavy atom. The maximum absolute atomic E-state index is 6.00. The maximum Gasteiger partial charge on any atom is 0.250 e. The molecule has 0 unspecified atom stereocenters. The van der Waals surface area contributed by atoms with E-state index in [9.17, 15) is 0 Å². The summed E-state index contributed by atoms with van der Waals surface area (Å²) in [4.78, 5) is 21.5. The van der Waals surface area contributed by atoms with E-state index in [1.165, 1.54) is 11.3 Å². The van der Waals surface area contributed by atoms with Crippen molar-refractivity contribution in [3.8, 4) is 22.6 Å². The van der Waals surface area contributed by atoms with Gasteiger partial charge in [0.25, 0.3) is 0 Å². The average Bonchev–Trinajstić information content (AvgIpc) is 3.17. The standard InChI is InChI=1S/C18H11Cl3N6S/c19-18(20,21)15-24-14(12-6-8-22-9-7-12)25-16(26-15)27-17-23-13(10-28-17)11-4-2-1-3-5-11/h1-10H,(H,23,24,25,26,27).